The molecule has 1 aliphatic heterocycles. The molecule has 3 aromatic rings. The summed E-state index contributed by atoms with van der Waals surface area (Å²) in [6, 6.07) is 19.9. The Morgan fingerprint density at radius 3 is 2.55 bits per heavy atom. The predicted octanol–water partition coefficient (Wildman–Crippen LogP) is 3.45. The predicted molar refractivity (Wildman–Crippen MR) is 113 cm³/mol. The van der Waals surface area contributed by atoms with E-state index in [1.165, 1.54) is 0 Å². The molecule has 0 saturated carbocycles. The average molecular weight is 390 g/mol. The summed E-state index contributed by atoms with van der Waals surface area (Å²) in [5, 5.41) is 17.2. The summed E-state index contributed by atoms with van der Waals surface area (Å²) in [5.74, 6) is 0.176. The van der Waals surface area contributed by atoms with Gasteiger partial charge in [0.2, 0.25) is 0 Å². The highest BCUT2D eigenvalue weighted by molar-refractivity contribution is 5.75. The first-order chi connectivity index (χ1) is 14.2. The third-order valence-corrected chi connectivity index (χ3v) is 5.35. The van der Waals surface area contributed by atoms with Crippen LogP contribution < -0.4 is 5.32 Å². The number of rotatable bonds is 5. The van der Waals surface area contributed by atoms with Gasteiger partial charge in [0.15, 0.2) is 0 Å². The number of nitrogens with one attached hydrogen (secondary N) is 1. The lowest BCUT2D eigenvalue weighted by Gasteiger charge is -2.31. The number of likely N-dealkylation sites (tertiary alicyclic amines) is 1. The number of aliphatic hydroxyl groups is 1. The molecule has 0 aliphatic carbocycles. The van der Waals surface area contributed by atoms with Gasteiger partial charge in [-0.1, -0.05) is 48.5 Å². The van der Waals surface area contributed by atoms with Gasteiger partial charge in [-0.05, 0) is 30.9 Å². The van der Waals surface area contributed by atoms with E-state index in [1.54, 1.807) is 4.90 Å². The fourth-order valence-electron chi connectivity index (χ4n) is 3.77. The molecular formula is C23H26N4O2. The molecule has 1 aliphatic rings. The van der Waals surface area contributed by atoms with Crippen LogP contribution in [0.15, 0.2) is 66.9 Å². The van der Waals surface area contributed by atoms with Gasteiger partial charge >= 0.3 is 6.03 Å². The molecule has 29 heavy (non-hydrogen) atoms. The van der Waals surface area contributed by atoms with Crippen molar-refractivity contribution in [2.75, 3.05) is 19.7 Å². The van der Waals surface area contributed by atoms with Crippen molar-refractivity contribution in [2.45, 2.75) is 19.4 Å². The van der Waals surface area contributed by atoms with Crippen molar-refractivity contribution in [2.24, 2.45) is 5.92 Å². The van der Waals surface area contributed by atoms with Gasteiger partial charge in [0.1, 0.15) is 0 Å². The second-order valence-electron chi connectivity index (χ2n) is 7.44. The van der Waals surface area contributed by atoms with Crippen molar-refractivity contribution in [1.29, 1.82) is 0 Å². The molecule has 6 heteroatoms. The van der Waals surface area contributed by atoms with Crippen molar-refractivity contribution in [3.8, 4) is 16.9 Å². The second-order valence-corrected chi connectivity index (χ2v) is 7.44. The molecule has 2 amide bonds. The van der Waals surface area contributed by atoms with Crippen LogP contribution in [0.5, 0.6) is 0 Å². The molecule has 2 N–H and O–H groups in total. The van der Waals surface area contributed by atoms with Crippen LogP contribution in [0.4, 0.5) is 4.79 Å². The van der Waals surface area contributed by atoms with Crippen molar-refractivity contribution in [3.05, 3.63) is 72.4 Å². The number of hydrogen-bond donors (Lipinski definition) is 2. The number of piperidine rings is 1. The minimum atomic E-state index is -0.0883. The number of hydrogen-bond acceptors (Lipinski definition) is 3. The highest BCUT2D eigenvalue weighted by Crippen LogP contribution is 2.24. The van der Waals surface area contributed by atoms with Crippen LogP contribution in [0, 0.1) is 5.92 Å². The normalized spacial score (nSPS) is 16.6. The molecule has 2 aromatic carbocycles. The standard InChI is InChI=1S/C23H26N4O2/c28-17-18-8-7-13-26(15-18)23(29)24-14-20-16-27(21-11-5-2-6-12-21)25-22(20)19-9-3-1-4-10-19/h1-6,9-12,16,18,28H,7-8,13-15,17H2,(H,24,29). The topological polar surface area (TPSA) is 70.4 Å². The van der Waals surface area contributed by atoms with Crippen LogP contribution in [0.1, 0.15) is 18.4 Å². The first kappa shape index (κ1) is 19.2. The lowest BCUT2D eigenvalue weighted by Crippen LogP contribution is -2.45. The fraction of sp³-hybridized carbons (Fsp3) is 0.304. The molecule has 0 radical (unpaired) electrons. The Hall–Kier alpha value is -3.12. The van der Waals surface area contributed by atoms with E-state index in [2.05, 4.69) is 5.32 Å². The van der Waals surface area contributed by atoms with E-state index in [1.807, 2.05) is 71.5 Å². The van der Waals surface area contributed by atoms with Gasteiger partial charge in [-0.2, -0.15) is 5.10 Å². The quantitative estimate of drug-likeness (QED) is 0.701. The van der Waals surface area contributed by atoms with Crippen LogP contribution in [0.2, 0.25) is 0 Å². The highest BCUT2D eigenvalue weighted by atomic mass is 16.3. The molecule has 0 bridgehead atoms. The van der Waals surface area contributed by atoms with E-state index in [9.17, 15) is 9.90 Å². The number of aliphatic hydroxyl groups excluding tert-OH is 1. The summed E-state index contributed by atoms with van der Waals surface area (Å²) in [5.41, 5.74) is 3.82. The number of benzene rings is 2. The Kier molecular flexibility index (Phi) is 5.91. The number of para-hydroxylation sites is 1. The van der Waals surface area contributed by atoms with E-state index in [-0.39, 0.29) is 18.6 Å². The maximum absolute atomic E-state index is 12.7. The van der Waals surface area contributed by atoms with Crippen LogP contribution in [0.25, 0.3) is 16.9 Å². The Balaban J connectivity index is 1.54. The number of aromatic nitrogens is 2. The molecule has 1 unspecified atom stereocenters. The van der Waals surface area contributed by atoms with E-state index < -0.39 is 0 Å². The van der Waals surface area contributed by atoms with Crippen LogP contribution in [-0.2, 0) is 6.54 Å². The zero-order valence-corrected chi connectivity index (χ0v) is 16.4. The molecular weight excluding hydrogens is 364 g/mol. The van der Waals surface area contributed by atoms with Gasteiger partial charge in [0.05, 0.1) is 11.4 Å². The summed E-state index contributed by atoms with van der Waals surface area (Å²) < 4.78 is 1.85. The van der Waals surface area contributed by atoms with Gasteiger partial charge in [-0.3, -0.25) is 0 Å². The van der Waals surface area contributed by atoms with E-state index in [0.29, 0.717) is 13.1 Å². The number of amides is 2. The van der Waals surface area contributed by atoms with Crippen LogP contribution in [0.3, 0.4) is 0 Å². The summed E-state index contributed by atoms with van der Waals surface area (Å²) in [7, 11) is 0. The minimum Gasteiger partial charge on any atom is -0.396 e. The molecule has 0 spiro atoms. The molecule has 2 heterocycles. The van der Waals surface area contributed by atoms with Gasteiger partial charge in [0, 0.05) is 43.6 Å². The van der Waals surface area contributed by atoms with Gasteiger partial charge < -0.3 is 15.3 Å². The van der Waals surface area contributed by atoms with Crippen molar-refractivity contribution >= 4 is 6.03 Å². The second kappa shape index (κ2) is 8.92. The highest BCUT2D eigenvalue weighted by Gasteiger charge is 2.23. The Labute approximate surface area is 170 Å². The molecule has 6 nitrogen and oxygen atoms in total. The van der Waals surface area contributed by atoms with Gasteiger partial charge in [-0.25, -0.2) is 9.48 Å². The first-order valence-corrected chi connectivity index (χ1v) is 10.1. The summed E-state index contributed by atoms with van der Waals surface area (Å²) in [6.07, 6.45) is 3.88. The number of urea groups is 1. The van der Waals surface area contributed by atoms with E-state index in [0.717, 1.165) is 41.9 Å². The average Bonchev–Trinajstić information content (AvgIpc) is 3.23. The first-order valence-electron chi connectivity index (χ1n) is 10.1. The molecule has 4 rings (SSSR count). The molecule has 1 fully saturated rings. The van der Waals surface area contributed by atoms with Crippen molar-refractivity contribution in [3.63, 3.8) is 0 Å². The number of carbonyl (C=O) groups excluding carboxylic acids is 1. The van der Waals surface area contributed by atoms with E-state index in [4.69, 9.17) is 5.10 Å². The van der Waals surface area contributed by atoms with Gasteiger partial charge in [-0.15, -0.1) is 0 Å². The molecule has 1 aromatic heterocycles. The third-order valence-electron chi connectivity index (χ3n) is 5.35. The molecule has 1 saturated heterocycles. The Morgan fingerprint density at radius 2 is 1.83 bits per heavy atom. The summed E-state index contributed by atoms with van der Waals surface area (Å²) >= 11 is 0. The van der Waals surface area contributed by atoms with Crippen LogP contribution in [-0.4, -0.2) is 45.5 Å². The minimum absolute atomic E-state index is 0.0883. The zero-order valence-electron chi connectivity index (χ0n) is 16.4. The van der Waals surface area contributed by atoms with E-state index >= 15 is 0 Å². The third kappa shape index (κ3) is 4.49. The largest absolute Gasteiger partial charge is 0.396 e. The summed E-state index contributed by atoms with van der Waals surface area (Å²) in [4.78, 5) is 14.5. The smallest absolute Gasteiger partial charge is 0.317 e. The molecule has 150 valence electrons. The lowest BCUT2D eigenvalue weighted by atomic mass is 9.99. The maximum atomic E-state index is 12.7. The Morgan fingerprint density at radius 1 is 1.10 bits per heavy atom. The SMILES string of the molecule is O=C(NCc1cn(-c2ccccc2)nc1-c1ccccc1)N1CCCC(CO)C1. The maximum Gasteiger partial charge on any atom is 0.317 e. The van der Waals surface area contributed by atoms with Gasteiger partial charge in [0.25, 0.3) is 0 Å². The lowest BCUT2D eigenvalue weighted by molar-refractivity contribution is 0.129. The fourth-order valence-corrected chi connectivity index (χ4v) is 3.77. The molecule has 1 atom stereocenters. The van der Waals surface area contributed by atoms with Crippen molar-refractivity contribution in [1.82, 2.24) is 20.0 Å². The Bertz CT molecular complexity index is 940. The number of carbonyl (C=O) groups is 1. The summed E-state index contributed by atoms with van der Waals surface area (Å²) in [6.45, 7) is 1.87. The monoisotopic (exact) mass is 390 g/mol. The zero-order chi connectivity index (χ0) is 20.1. The van der Waals surface area contributed by atoms with Crippen molar-refractivity contribution < 1.29 is 9.90 Å². The number of nitrogens with zero attached hydrogens (tertiary/aromatic N) is 3. The van der Waals surface area contributed by atoms with Crippen LogP contribution >= 0.6 is 0 Å².